The lowest BCUT2D eigenvalue weighted by Gasteiger charge is -2.36. The fourth-order valence-electron chi connectivity index (χ4n) is 6.58. The van der Waals surface area contributed by atoms with E-state index >= 15 is 0 Å². The summed E-state index contributed by atoms with van der Waals surface area (Å²) in [6.07, 6.45) is 5.68. The summed E-state index contributed by atoms with van der Waals surface area (Å²) in [5.41, 5.74) is 4.14. The smallest absolute Gasteiger partial charge is 0.252 e. The minimum Gasteiger partial charge on any atom is -0.349 e. The molecule has 0 saturated heterocycles. The first kappa shape index (κ1) is 22.0. The molecule has 176 valence electrons. The maximum atomic E-state index is 13.5. The number of rotatable bonds is 5. The SMILES string of the molecule is O=C(NC1CC2CCC(C1)C2Cc1ccc2cc(F)ccc2c1)c1ccccc1-c1ccccc1. The number of carbonyl (C=O) groups is 1. The van der Waals surface area contributed by atoms with Crippen molar-refractivity contribution in [3.05, 3.63) is 108 Å². The van der Waals surface area contributed by atoms with Crippen molar-refractivity contribution >= 4 is 16.7 Å². The van der Waals surface area contributed by atoms with Gasteiger partial charge in [0.25, 0.3) is 5.91 Å². The Morgan fingerprint density at radius 2 is 1.49 bits per heavy atom. The third kappa shape index (κ3) is 4.48. The highest BCUT2D eigenvalue weighted by molar-refractivity contribution is 6.01. The molecule has 4 aromatic carbocycles. The van der Waals surface area contributed by atoms with Crippen LogP contribution in [0.2, 0.25) is 0 Å². The maximum absolute atomic E-state index is 13.5. The highest BCUT2D eigenvalue weighted by atomic mass is 19.1. The molecule has 4 aromatic rings. The lowest BCUT2D eigenvalue weighted by molar-refractivity contribution is 0.0898. The fourth-order valence-corrected chi connectivity index (χ4v) is 6.58. The van der Waals surface area contributed by atoms with Crippen molar-refractivity contribution in [2.24, 2.45) is 17.8 Å². The van der Waals surface area contributed by atoms with Gasteiger partial charge in [-0.2, -0.15) is 0 Å². The van der Waals surface area contributed by atoms with E-state index in [1.54, 1.807) is 12.1 Å². The quantitative estimate of drug-likeness (QED) is 0.328. The number of benzene rings is 4. The van der Waals surface area contributed by atoms with Crippen molar-refractivity contribution in [2.45, 2.75) is 38.1 Å². The zero-order valence-corrected chi connectivity index (χ0v) is 19.8. The second-order valence-electron chi connectivity index (χ2n) is 10.3. The summed E-state index contributed by atoms with van der Waals surface area (Å²) in [4.78, 5) is 13.3. The van der Waals surface area contributed by atoms with Gasteiger partial charge in [-0.1, -0.05) is 72.8 Å². The molecule has 1 amide bonds. The Bertz CT molecular complexity index is 1350. The molecular weight excluding hydrogens is 433 g/mol. The summed E-state index contributed by atoms with van der Waals surface area (Å²) < 4.78 is 13.5. The molecule has 3 heteroatoms. The highest BCUT2D eigenvalue weighted by Crippen LogP contribution is 2.48. The van der Waals surface area contributed by atoms with Crippen LogP contribution in [0.5, 0.6) is 0 Å². The normalized spacial score (nSPS) is 23.3. The van der Waals surface area contributed by atoms with Gasteiger partial charge in [0.15, 0.2) is 0 Å². The van der Waals surface area contributed by atoms with Gasteiger partial charge in [-0.15, -0.1) is 0 Å². The minimum absolute atomic E-state index is 0.0362. The Labute approximate surface area is 206 Å². The van der Waals surface area contributed by atoms with E-state index in [-0.39, 0.29) is 17.8 Å². The average Bonchev–Trinajstić information content (AvgIpc) is 3.11. The zero-order chi connectivity index (χ0) is 23.8. The van der Waals surface area contributed by atoms with Crippen molar-refractivity contribution in [3.8, 4) is 11.1 Å². The molecule has 0 heterocycles. The third-order valence-electron chi connectivity index (χ3n) is 8.22. The van der Waals surface area contributed by atoms with Crippen molar-refractivity contribution < 1.29 is 9.18 Å². The van der Waals surface area contributed by atoms with E-state index in [4.69, 9.17) is 0 Å². The van der Waals surface area contributed by atoms with Crippen LogP contribution in [-0.4, -0.2) is 11.9 Å². The summed E-state index contributed by atoms with van der Waals surface area (Å²) in [5, 5.41) is 5.45. The molecule has 0 radical (unpaired) electrons. The second-order valence-corrected chi connectivity index (χ2v) is 10.3. The van der Waals surface area contributed by atoms with Crippen LogP contribution < -0.4 is 5.32 Å². The van der Waals surface area contributed by atoms with E-state index in [2.05, 4.69) is 29.6 Å². The topological polar surface area (TPSA) is 29.1 Å². The molecule has 0 aliphatic heterocycles. The summed E-state index contributed by atoms with van der Waals surface area (Å²) >= 11 is 0. The number of nitrogens with one attached hydrogen (secondary N) is 1. The van der Waals surface area contributed by atoms with Gasteiger partial charge in [0.05, 0.1) is 0 Å². The van der Waals surface area contributed by atoms with Crippen molar-refractivity contribution in [1.29, 1.82) is 0 Å². The molecule has 6 rings (SSSR count). The molecule has 2 bridgehead atoms. The fraction of sp³-hybridized carbons (Fsp3) is 0.281. The lowest BCUT2D eigenvalue weighted by Crippen LogP contribution is -2.42. The molecule has 2 aliphatic carbocycles. The van der Waals surface area contributed by atoms with Crippen LogP contribution in [0.25, 0.3) is 21.9 Å². The van der Waals surface area contributed by atoms with Crippen LogP contribution >= 0.6 is 0 Å². The van der Waals surface area contributed by atoms with E-state index in [9.17, 15) is 9.18 Å². The molecule has 0 spiro atoms. The molecule has 2 atom stereocenters. The van der Waals surface area contributed by atoms with E-state index in [0.717, 1.165) is 46.7 Å². The molecule has 35 heavy (non-hydrogen) atoms. The van der Waals surface area contributed by atoms with Gasteiger partial charge in [0.2, 0.25) is 0 Å². The van der Waals surface area contributed by atoms with Crippen LogP contribution in [0.15, 0.2) is 91.0 Å². The summed E-state index contributed by atoms with van der Waals surface area (Å²) in [6, 6.07) is 29.7. The van der Waals surface area contributed by atoms with Gasteiger partial charge in [0.1, 0.15) is 5.82 Å². The monoisotopic (exact) mass is 463 g/mol. The largest absolute Gasteiger partial charge is 0.349 e. The summed E-state index contributed by atoms with van der Waals surface area (Å²) in [7, 11) is 0. The molecule has 2 nitrogen and oxygen atoms in total. The Hall–Kier alpha value is -3.46. The van der Waals surface area contributed by atoms with Gasteiger partial charge in [-0.05, 0) is 95.5 Å². The molecule has 2 aliphatic rings. The Morgan fingerprint density at radius 3 is 2.29 bits per heavy atom. The molecule has 0 aromatic heterocycles. The lowest BCUT2D eigenvalue weighted by atomic mass is 9.73. The van der Waals surface area contributed by atoms with Gasteiger partial charge >= 0.3 is 0 Å². The molecular formula is C32H30FNO. The van der Waals surface area contributed by atoms with Gasteiger partial charge in [-0.25, -0.2) is 4.39 Å². The molecule has 2 unspecified atom stereocenters. The average molecular weight is 464 g/mol. The van der Waals surface area contributed by atoms with Crippen LogP contribution in [0.3, 0.4) is 0 Å². The number of amides is 1. The Morgan fingerprint density at radius 1 is 0.800 bits per heavy atom. The van der Waals surface area contributed by atoms with Crippen LogP contribution in [0.1, 0.15) is 41.6 Å². The van der Waals surface area contributed by atoms with Gasteiger partial charge < -0.3 is 5.32 Å². The van der Waals surface area contributed by atoms with Crippen LogP contribution in [0.4, 0.5) is 4.39 Å². The van der Waals surface area contributed by atoms with E-state index in [0.29, 0.717) is 17.8 Å². The highest BCUT2D eigenvalue weighted by Gasteiger charge is 2.42. The van der Waals surface area contributed by atoms with Crippen molar-refractivity contribution in [3.63, 3.8) is 0 Å². The Kier molecular flexibility index (Phi) is 5.85. The Balaban J connectivity index is 1.14. The first-order valence-corrected chi connectivity index (χ1v) is 12.8. The number of carbonyl (C=O) groups excluding carboxylic acids is 1. The number of halogens is 1. The first-order valence-electron chi connectivity index (χ1n) is 12.8. The standard InChI is InChI=1S/C32H30FNO/c33-27-15-14-23-16-21(10-11-24(23)18-27)17-31-25-12-13-26(31)20-28(19-25)34-32(35)30-9-5-4-8-29(30)22-6-2-1-3-7-22/h1-11,14-16,18,25-26,28,31H,12-13,17,19-20H2,(H,34,35). The predicted molar refractivity (Wildman–Crippen MR) is 140 cm³/mol. The van der Waals surface area contributed by atoms with E-state index < -0.39 is 0 Å². The predicted octanol–water partition coefficient (Wildman–Crippen LogP) is 7.42. The molecule has 2 fully saturated rings. The van der Waals surface area contributed by atoms with Crippen molar-refractivity contribution in [2.75, 3.05) is 0 Å². The first-order chi connectivity index (χ1) is 17.1. The third-order valence-corrected chi connectivity index (χ3v) is 8.22. The molecule has 1 N–H and O–H groups in total. The summed E-state index contributed by atoms with van der Waals surface area (Å²) in [6.45, 7) is 0. The van der Waals surface area contributed by atoms with Gasteiger partial charge in [-0.3, -0.25) is 4.79 Å². The zero-order valence-electron chi connectivity index (χ0n) is 19.8. The van der Waals surface area contributed by atoms with Crippen LogP contribution in [-0.2, 0) is 6.42 Å². The molecule has 2 saturated carbocycles. The van der Waals surface area contributed by atoms with Gasteiger partial charge in [0, 0.05) is 11.6 Å². The summed E-state index contributed by atoms with van der Waals surface area (Å²) in [5.74, 6) is 1.81. The number of hydrogen-bond donors (Lipinski definition) is 1. The number of fused-ring (bicyclic) bond motifs is 3. The number of hydrogen-bond acceptors (Lipinski definition) is 1. The van der Waals surface area contributed by atoms with E-state index in [1.807, 2.05) is 54.6 Å². The maximum Gasteiger partial charge on any atom is 0.252 e. The van der Waals surface area contributed by atoms with Crippen molar-refractivity contribution in [1.82, 2.24) is 5.32 Å². The minimum atomic E-state index is -0.185. The second kappa shape index (κ2) is 9.30. The van der Waals surface area contributed by atoms with E-state index in [1.165, 1.54) is 18.4 Å². The van der Waals surface area contributed by atoms with Crippen LogP contribution in [0, 0.1) is 23.6 Å².